The van der Waals surface area contributed by atoms with Crippen molar-refractivity contribution in [1.29, 1.82) is 0 Å². The molecule has 0 radical (unpaired) electrons. The Morgan fingerprint density at radius 3 is 2.79 bits per heavy atom. The van der Waals surface area contributed by atoms with Crippen LogP contribution in [0.5, 0.6) is 0 Å². The molecule has 0 bridgehead atoms. The zero-order valence-corrected chi connectivity index (χ0v) is 11.9. The standard InChI is InChI=1S/C16H24N2O/c1-3-13-5-4-10-17-15(13)11-18-16(19)14-8-6-12(2)7-9-14/h6-9,13,15,17H,3-5,10-11H2,1-2H3,(H,18,19). The van der Waals surface area contributed by atoms with E-state index < -0.39 is 0 Å². The Kier molecular flexibility index (Phi) is 4.97. The molecular weight excluding hydrogens is 236 g/mol. The average molecular weight is 260 g/mol. The van der Waals surface area contributed by atoms with Gasteiger partial charge in [-0.25, -0.2) is 0 Å². The second-order valence-corrected chi connectivity index (χ2v) is 5.45. The van der Waals surface area contributed by atoms with Crippen molar-refractivity contribution in [3.8, 4) is 0 Å². The quantitative estimate of drug-likeness (QED) is 0.873. The monoisotopic (exact) mass is 260 g/mol. The SMILES string of the molecule is CCC1CCCNC1CNC(=O)c1ccc(C)cc1. The lowest BCUT2D eigenvalue weighted by atomic mass is 9.88. The first-order chi connectivity index (χ1) is 9.20. The Bertz CT molecular complexity index is 413. The van der Waals surface area contributed by atoms with E-state index in [-0.39, 0.29) is 5.91 Å². The predicted octanol–water partition coefficient (Wildman–Crippen LogP) is 2.50. The second-order valence-electron chi connectivity index (χ2n) is 5.45. The number of carbonyl (C=O) groups excluding carboxylic acids is 1. The molecule has 0 spiro atoms. The van der Waals surface area contributed by atoms with Gasteiger partial charge in [0, 0.05) is 18.2 Å². The number of piperidine rings is 1. The van der Waals surface area contributed by atoms with E-state index in [1.807, 2.05) is 31.2 Å². The van der Waals surface area contributed by atoms with Gasteiger partial charge in [0.05, 0.1) is 0 Å². The number of carbonyl (C=O) groups is 1. The second kappa shape index (κ2) is 6.71. The van der Waals surface area contributed by atoms with E-state index in [0.717, 1.165) is 18.7 Å². The molecule has 1 heterocycles. The molecule has 3 heteroatoms. The Labute approximate surface area is 115 Å². The molecule has 1 fully saturated rings. The van der Waals surface area contributed by atoms with Gasteiger partial charge in [0.1, 0.15) is 0 Å². The van der Waals surface area contributed by atoms with E-state index >= 15 is 0 Å². The topological polar surface area (TPSA) is 41.1 Å². The molecule has 104 valence electrons. The van der Waals surface area contributed by atoms with Gasteiger partial charge in [-0.3, -0.25) is 4.79 Å². The summed E-state index contributed by atoms with van der Waals surface area (Å²) >= 11 is 0. The van der Waals surface area contributed by atoms with Gasteiger partial charge in [0.25, 0.3) is 5.91 Å². The van der Waals surface area contributed by atoms with Gasteiger partial charge in [-0.2, -0.15) is 0 Å². The molecule has 1 aliphatic rings. The number of rotatable bonds is 4. The molecule has 0 aromatic heterocycles. The third-order valence-corrected chi connectivity index (χ3v) is 4.05. The fourth-order valence-electron chi connectivity index (χ4n) is 2.76. The summed E-state index contributed by atoms with van der Waals surface area (Å²) in [5.41, 5.74) is 1.92. The minimum Gasteiger partial charge on any atom is -0.350 e. The molecule has 2 atom stereocenters. The zero-order chi connectivity index (χ0) is 13.7. The highest BCUT2D eigenvalue weighted by atomic mass is 16.1. The van der Waals surface area contributed by atoms with E-state index in [9.17, 15) is 4.79 Å². The summed E-state index contributed by atoms with van der Waals surface area (Å²) in [6.45, 7) is 6.05. The highest BCUT2D eigenvalue weighted by Gasteiger charge is 2.23. The van der Waals surface area contributed by atoms with Gasteiger partial charge in [-0.1, -0.05) is 31.0 Å². The maximum atomic E-state index is 12.1. The number of hydrogen-bond acceptors (Lipinski definition) is 2. The van der Waals surface area contributed by atoms with Crippen molar-refractivity contribution in [1.82, 2.24) is 10.6 Å². The summed E-state index contributed by atoms with van der Waals surface area (Å²) in [6, 6.07) is 8.14. The minimum atomic E-state index is 0.0298. The molecule has 2 rings (SSSR count). The average Bonchev–Trinajstić information content (AvgIpc) is 2.45. The number of aryl methyl sites for hydroxylation is 1. The summed E-state index contributed by atoms with van der Waals surface area (Å²) in [6.07, 6.45) is 3.70. The molecule has 3 nitrogen and oxygen atoms in total. The molecule has 1 aromatic carbocycles. The van der Waals surface area contributed by atoms with Crippen LogP contribution in [0.4, 0.5) is 0 Å². The fourth-order valence-corrected chi connectivity index (χ4v) is 2.76. The zero-order valence-electron chi connectivity index (χ0n) is 11.9. The van der Waals surface area contributed by atoms with E-state index in [4.69, 9.17) is 0 Å². The third kappa shape index (κ3) is 3.80. The van der Waals surface area contributed by atoms with Crippen LogP contribution in [0.3, 0.4) is 0 Å². The van der Waals surface area contributed by atoms with Crippen molar-refractivity contribution in [3.63, 3.8) is 0 Å². The van der Waals surface area contributed by atoms with Crippen molar-refractivity contribution in [2.75, 3.05) is 13.1 Å². The first-order valence-electron chi connectivity index (χ1n) is 7.29. The summed E-state index contributed by atoms with van der Waals surface area (Å²) in [5.74, 6) is 0.717. The Balaban J connectivity index is 1.87. The molecule has 2 unspecified atom stereocenters. The van der Waals surface area contributed by atoms with Crippen molar-refractivity contribution in [2.45, 2.75) is 39.2 Å². The van der Waals surface area contributed by atoms with Gasteiger partial charge in [-0.15, -0.1) is 0 Å². The highest BCUT2D eigenvalue weighted by Crippen LogP contribution is 2.19. The van der Waals surface area contributed by atoms with E-state index in [2.05, 4.69) is 17.6 Å². The van der Waals surface area contributed by atoms with Crippen molar-refractivity contribution in [2.24, 2.45) is 5.92 Å². The smallest absolute Gasteiger partial charge is 0.251 e. The molecule has 1 aromatic rings. The maximum Gasteiger partial charge on any atom is 0.251 e. The van der Waals surface area contributed by atoms with Crippen LogP contribution >= 0.6 is 0 Å². The molecule has 2 N–H and O–H groups in total. The first kappa shape index (κ1) is 14.1. The number of nitrogens with one attached hydrogen (secondary N) is 2. The summed E-state index contributed by atoms with van der Waals surface area (Å²) in [5, 5.41) is 6.57. The van der Waals surface area contributed by atoms with Crippen LogP contribution < -0.4 is 10.6 Å². The first-order valence-corrected chi connectivity index (χ1v) is 7.29. The van der Waals surface area contributed by atoms with Crippen molar-refractivity contribution >= 4 is 5.91 Å². The van der Waals surface area contributed by atoms with Crippen LogP contribution in [0.15, 0.2) is 24.3 Å². The lowest BCUT2D eigenvalue weighted by Gasteiger charge is -2.32. The molecule has 1 saturated heterocycles. The van der Waals surface area contributed by atoms with E-state index in [1.165, 1.54) is 24.8 Å². The van der Waals surface area contributed by atoms with Gasteiger partial charge in [0.15, 0.2) is 0 Å². The molecule has 0 aliphatic carbocycles. The summed E-state index contributed by atoms with van der Waals surface area (Å²) in [7, 11) is 0. The van der Waals surface area contributed by atoms with Gasteiger partial charge in [0.2, 0.25) is 0 Å². The van der Waals surface area contributed by atoms with Crippen LogP contribution in [0, 0.1) is 12.8 Å². The lowest BCUT2D eigenvalue weighted by Crippen LogP contribution is -2.48. The largest absolute Gasteiger partial charge is 0.350 e. The van der Waals surface area contributed by atoms with Gasteiger partial charge >= 0.3 is 0 Å². The predicted molar refractivity (Wildman–Crippen MR) is 78.3 cm³/mol. The normalized spacial score (nSPS) is 23.1. The van der Waals surface area contributed by atoms with Crippen LogP contribution in [0.1, 0.15) is 42.1 Å². The van der Waals surface area contributed by atoms with E-state index in [1.54, 1.807) is 0 Å². The van der Waals surface area contributed by atoms with Crippen molar-refractivity contribution < 1.29 is 4.79 Å². The highest BCUT2D eigenvalue weighted by molar-refractivity contribution is 5.94. The number of hydrogen-bond donors (Lipinski definition) is 2. The molecule has 19 heavy (non-hydrogen) atoms. The molecule has 1 amide bonds. The third-order valence-electron chi connectivity index (χ3n) is 4.05. The van der Waals surface area contributed by atoms with Crippen LogP contribution in [0.25, 0.3) is 0 Å². The van der Waals surface area contributed by atoms with E-state index in [0.29, 0.717) is 12.0 Å². The summed E-state index contributed by atoms with van der Waals surface area (Å²) < 4.78 is 0. The summed E-state index contributed by atoms with van der Waals surface area (Å²) in [4.78, 5) is 12.1. The van der Waals surface area contributed by atoms with Crippen LogP contribution in [0.2, 0.25) is 0 Å². The number of amides is 1. The van der Waals surface area contributed by atoms with Gasteiger partial charge < -0.3 is 10.6 Å². The van der Waals surface area contributed by atoms with Crippen LogP contribution in [-0.4, -0.2) is 25.0 Å². The van der Waals surface area contributed by atoms with Gasteiger partial charge in [-0.05, 0) is 44.4 Å². The molecular formula is C16H24N2O. The number of benzene rings is 1. The van der Waals surface area contributed by atoms with Crippen LogP contribution in [-0.2, 0) is 0 Å². The molecule has 1 aliphatic heterocycles. The Morgan fingerprint density at radius 1 is 1.37 bits per heavy atom. The maximum absolute atomic E-state index is 12.1. The Morgan fingerprint density at radius 2 is 2.11 bits per heavy atom. The van der Waals surface area contributed by atoms with Crippen molar-refractivity contribution in [3.05, 3.63) is 35.4 Å². The fraction of sp³-hybridized carbons (Fsp3) is 0.562. The lowest BCUT2D eigenvalue weighted by molar-refractivity contribution is 0.0942. The molecule has 0 saturated carbocycles. The Hall–Kier alpha value is -1.35. The minimum absolute atomic E-state index is 0.0298.